The second kappa shape index (κ2) is 21.3. The van der Waals surface area contributed by atoms with Gasteiger partial charge in [-0.2, -0.15) is 0 Å². The average Bonchev–Trinajstić information content (AvgIpc) is 3.77. The molecule has 2 fully saturated rings. The number of fused-ring (bicyclic) bond motifs is 1. The van der Waals surface area contributed by atoms with Crippen molar-refractivity contribution in [2.45, 2.75) is 88.9 Å². The molecule has 0 N–H and O–H groups in total. The summed E-state index contributed by atoms with van der Waals surface area (Å²) in [5.41, 5.74) is 0.927. The number of hydrogen-bond donors (Lipinski definition) is 0. The zero-order chi connectivity index (χ0) is 45.2. The minimum atomic E-state index is -3.43. The van der Waals surface area contributed by atoms with Crippen LogP contribution in [-0.4, -0.2) is 57.3 Å². The highest BCUT2D eigenvalue weighted by Crippen LogP contribution is 2.42. The number of unbranched alkanes of at least 4 members (excludes halogenated alkanes) is 3. The monoisotopic (exact) mass is 911 g/mol. The number of carbonyl (C=O) groups excluding carboxylic acids is 4. The Labute approximate surface area is 377 Å². The Morgan fingerprint density at radius 2 is 1.03 bits per heavy atom. The van der Waals surface area contributed by atoms with Crippen molar-refractivity contribution in [3.05, 3.63) is 84.9 Å². The molecule has 5 aromatic rings. The van der Waals surface area contributed by atoms with Crippen LogP contribution in [0.4, 0.5) is 0 Å². The summed E-state index contributed by atoms with van der Waals surface area (Å²) < 4.78 is 59.0. The molecule has 13 nitrogen and oxygen atoms in total. The molecular weight excluding hydrogens is 859 g/mol. The second-order valence-electron chi connectivity index (χ2n) is 16.4. The Bertz CT molecular complexity index is 2520. The van der Waals surface area contributed by atoms with E-state index >= 15 is 0 Å². The molecule has 15 heteroatoms. The van der Waals surface area contributed by atoms with Gasteiger partial charge in [-0.15, -0.1) is 11.3 Å². The van der Waals surface area contributed by atoms with Gasteiger partial charge >= 0.3 is 23.9 Å². The summed E-state index contributed by atoms with van der Waals surface area (Å²) in [6.07, 6.45) is 9.15. The maximum atomic E-state index is 13.7. The smallest absolute Gasteiger partial charge is 0.314 e. The van der Waals surface area contributed by atoms with Gasteiger partial charge in [0.2, 0.25) is 0 Å². The van der Waals surface area contributed by atoms with E-state index in [1.54, 1.807) is 79.9 Å². The van der Waals surface area contributed by atoms with Crippen LogP contribution in [0.3, 0.4) is 0 Å². The predicted octanol–water partition coefficient (Wildman–Crippen LogP) is 9.97. The lowest BCUT2D eigenvalue weighted by Crippen LogP contribution is -2.30. The molecule has 0 bridgehead atoms. The van der Waals surface area contributed by atoms with Crippen molar-refractivity contribution in [1.29, 1.82) is 0 Å². The van der Waals surface area contributed by atoms with Gasteiger partial charge in [-0.3, -0.25) is 19.2 Å². The third-order valence-corrected chi connectivity index (χ3v) is 14.0. The van der Waals surface area contributed by atoms with E-state index < -0.39 is 33.6 Å². The van der Waals surface area contributed by atoms with Crippen molar-refractivity contribution in [2.75, 3.05) is 20.0 Å². The number of aromatic nitrogens is 1. The number of ether oxygens (including phenoxy) is 6. The number of nitrogens with zero attached hydrogens (tertiary/aromatic N) is 1. The van der Waals surface area contributed by atoms with Crippen molar-refractivity contribution in [2.24, 2.45) is 23.7 Å². The number of methoxy groups -OCH3 is 1. The first-order chi connectivity index (χ1) is 30.9. The summed E-state index contributed by atoms with van der Waals surface area (Å²) in [6.45, 7) is 2.81. The highest BCUT2D eigenvalue weighted by molar-refractivity contribution is 7.90. The largest absolute Gasteiger partial charge is 0.497 e. The van der Waals surface area contributed by atoms with Crippen LogP contribution in [0.25, 0.3) is 20.8 Å². The second-order valence-corrected chi connectivity index (χ2v) is 19.4. The molecule has 0 aliphatic heterocycles. The van der Waals surface area contributed by atoms with E-state index in [-0.39, 0.29) is 40.2 Å². The molecule has 0 unspecified atom stereocenters. The normalized spacial score (nSPS) is 18.7. The van der Waals surface area contributed by atoms with E-state index in [1.807, 2.05) is 0 Å². The van der Waals surface area contributed by atoms with Crippen LogP contribution < -0.4 is 28.4 Å². The highest BCUT2D eigenvalue weighted by atomic mass is 32.2. The lowest BCUT2D eigenvalue weighted by atomic mass is 9.82. The third kappa shape index (κ3) is 11.9. The minimum Gasteiger partial charge on any atom is -0.497 e. The molecule has 2 aliphatic carbocycles. The van der Waals surface area contributed by atoms with Crippen molar-refractivity contribution in [1.82, 2.24) is 4.98 Å². The topological polar surface area (TPSA) is 171 Å². The quantitative estimate of drug-likeness (QED) is 0.0491. The maximum absolute atomic E-state index is 13.7. The van der Waals surface area contributed by atoms with Crippen LogP contribution in [0.5, 0.6) is 34.5 Å². The standard InChI is InChI=1S/C49H53NO12S2/c1-4-5-6-7-30-58-37-20-24-39(25-21-37)60-47(52)33-10-14-35(15-11-33)49(54)62-42-29-28-41(43-44(42)63-45(50-43)31-16-26-40(27-17-31)64(3,55)56)61-48(53)34-12-8-32(9-13-34)46(51)59-38-22-18-36(57-2)19-23-38/h16-29,32-35H,4-15,30H2,1-3H3. The predicted molar refractivity (Wildman–Crippen MR) is 241 cm³/mol. The molecule has 0 radical (unpaired) electrons. The summed E-state index contributed by atoms with van der Waals surface area (Å²) in [4.78, 5) is 58.3. The molecule has 4 aromatic carbocycles. The lowest BCUT2D eigenvalue weighted by molar-refractivity contribution is -0.145. The summed E-state index contributed by atoms with van der Waals surface area (Å²) in [7, 11) is -1.88. The average molecular weight is 912 g/mol. The van der Waals surface area contributed by atoms with Gasteiger partial charge in [0.05, 0.1) is 42.3 Å². The van der Waals surface area contributed by atoms with Gasteiger partial charge in [-0.25, -0.2) is 13.4 Å². The molecule has 64 heavy (non-hydrogen) atoms. The van der Waals surface area contributed by atoms with Gasteiger partial charge in [-0.05, 0) is 131 Å². The summed E-state index contributed by atoms with van der Waals surface area (Å²) >= 11 is 1.22. The fourth-order valence-corrected chi connectivity index (χ4v) is 9.64. The zero-order valence-corrected chi connectivity index (χ0v) is 37.9. The SMILES string of the molecule is CCCCCCOc1ccc(OC(=O)C2CCC(C(=O)Oc3ccc(OC(=O)C4CCC(C(=O)Oc5ccc(OC)cc5)CC4)c4nc(-c5ccc(S(C)(=O)=O)cc5)sc34)CC2)cc1. The van der Waals surface area contributed by atoms with E-state index in [9.17, 15) is 27.6 Å². The molecule has 1 heterocycles. The van der Waals surface area contributed by atoms with Crippen LogP contribution in [0.1, 0.15) is 84.0 Å². The fraction of sp³-hybridized carbons (Fsp3) is 0.408. The van der Waals surface area contributed by atoms with Gasteiger partial charge in [0.1, 0.15) is 38.2 Å². The molecule has 0 amide bonds. The number of rotatable bonds is 17. The van der Waals surface area contributed by atoms with Crippen LogP contribution in [0, 0.1) is 23.7 Å². The van der Waals surface area contributed by atoms with Gasteiger partial charge < -0.3 is 28.4 Å². The molecule has 2 saturated carbocycles. The van der Waals surface area contributed by atoms with E-state index in [0.29, 0.717) is 96.0 Å². The first-order valence-electron chi connectivity index (χ1n) is 21.9. The third-order valence-electron chi connectivity index (χ3n) is 11.8. The Morgan fingerprint density at radius 3 is 1.52 bits per heavy atom. The molecule has 7 rings (SSSR count). The Morgan fingerprint density at radius 1 is 0.578 bits per heavy atom. The number of esters is 4. The first-order valence-corrected chi connectivity index (χ1v) is 24.6. The van der Waals surface area contributed by atoms with E-state index in [2.05, 4.69) is 6.92 Å². The molecule has 0 spiro atoms. The van der Waals surface area contributed by atoms with Crippen LogP contribution in [-0.2, 0) is 29.0 Å². The number of thiazole rings is 1. The van der Waals surface area contributed by atoms with E-state index in [0.717, 1.165) is 31.3 Å². The molecule has 338 valence electrons. The Kier molecular flexibility index (Phi) is 15.3. The number of benzene rings is 4. The Balaban J connectivity index is 0.983. The van der Waals surface area contributed by atoms with Crippen LogP contribution in [0.15, 0.2) is 89.8 Å². The zero-order valence-electron chi connectivity index (χ0n) is 36.2. The van der Waals surface area contributed by atoms with Crippen LogP contribution >= 0.6 is 11.3 Å². The van der Waals surface area contributed by atoms with Gasteiger partial charge in [-0.1, -0.05) is 38.3 Å². The van der Waals surface area contributed by atoms with Gasteiger partial charge in [0.15, 0.2) is 21.3 Å². The lowest BCUT2D eigenvalue weighted by Gasteiger charge is -2.26. The maximum Gasteiger partial charge on any atom is 0.314 e. The summed E-state index contributed by atoms with van der Waals surface area (Å²) in [5.74, 6) is -0.589. The minimum absolute atomic E-state index is 0.154. The fourth-order valence-electron chi connectivity index (χ4n) is 7.97. The van der Waals surface area contributed by atoms with Gasteiger partial charge in [0, 0.05) is 11.8 Å². The number of carbonyl (C=O) groups is 4. The molecule has 0 saturated heterocycles. The molecule has 0 atom stereocenters. The van der Waals surface area contributed by atoms with Crippen molar-refractivity contribution in [3.63, 3.8) is 0 Å². The van der Waals surface area contributed by atoms with Crippen molar-refractivity contribution >= 4 is 55.3 Å². The van der Waals surface area contributed by atoms with Crippen LogP contribution in [0.2, 0.25) is 0 Å². The summed E-state index contributed by atoms with van der Waals surface area (Å²) in [6, 6.07) is 23.2. The summed E-state index contributed by atoms with van der Waals surface area (Å²) in [5, 5.41) is 0.496. The van der Waals surface area contributed by atoms with Gasteiger partial charge in [0.25, 0.3) is 0 Å². The van der Waals surface area contributed by atoms with E-state index in [1.165, 1.54) is 29.9 Å². The number of sulfone groups is 1. The molecule has 2 aliphatic rings. The van der Waals surface area contributed by atoms with E-state index in [4.69, 9.17) is 33.4 Å². The first kappa shape index (κ1) is 46.2. The molecular formula is C49H53NO12S2. The Hall–Kier alpha value is -5.80. The number of hydrogen-bond acceptors (Lipinski definition) is 14. The highest BCUT2D eigenvalue weighted by Gasteiger charge is 2.35. The molecule has 1 aromatic heterocycles. The van der Waals surface area contributed by atoms with Crippen molar-refractivity contribution in [3.8, 4) is 45.1 Å². The van der Waals surface area contributed by atoms with Crippen molar-refractivity contribution < 1.29 is 56.0 Å².